The normalized spacial score (nSPS) is 15.9. The molecule has 1 unspecified atom stereocenters. The summed E-state index contributed by atoms with van der Waals surface area (Å²) >= 11 is 5.74. The first-order valence-corrected chi connectivity index (χ1v) is 3.91. The fourth-order valence-electron chi connectivity index (χ4n) is 0.863. The van der Waals surface area contributed by atoms with Crippen molar-refractivity contribution in [1.82, 2.24) is 0 Å². The van der Waals surface area contributed by atoms with Gasteiger partial charge in [-0.1, -0.05) is 18.6 Å². The van der Waals surface area contributed by atoms with E-state index in [1.807, 2.05) is 13.0 Å². The molecule has 0 bridgehead atoms. The van der Waals surface area contributed by atoms with Crippen LogP contribution >= 0.6 is 11.6 Å². The summed E-state index contributed by atoms with van der Waals surface area (Å²) in [6, 6.07) is 0. The first kappa shape index (κ1) is 9.77. The van der Waals surface area contributed by atoms with E-state index < -0.39 is 0 Å². The zero-order chi connectivity index (χ0) is 8.20. The van der Waals surface area contributed by atoms with Crippen LogP contribution in [0.5, 0.6) is 0 Å². The summed E-state index contributed by atoms with van der Waals surface area (Å²) in [7, 11) is 0. The van der Waals surface area contributed by atoms with Crippen molar-refractivity contribution in [3.05, 3.63) is 24.8 Å². The summed E-state index contributed by atoms with van der Waals surface area (Å²) in [5.41, 5.74) is 1.19. The quantitative estimate of drug-likeness (QED) is 0.435. The van der Waals surface area contributed by atoms with Crippen molar-refractivity contribution in [2.75, 3.05) is 5.88 Å². The van der Waals surface area contributed by atoms with Crippen molar-refractivity contribution in [2.45, 2.75) is 20.3 Å². The van der Waals surface area contributed by atoms with Crippen molar-refractivity contribution in [3.63, 3.8) is 0 Å². The molecule has 0 rings (SSSR count). The van der Waals surface area contributed by atoms with Crippen molar-refractivity contribution in [1.29, 1.82) is 0 Å². The number of hydrogen-bond acceptors (Lipinski definition) is 0. The number of allylic oxidation sites excluding steroid dienone is 2. The third kappa shape index (κ3) is 3.07. The Morgan fingerprint density at radius 2 is 2.20 bits per heavy atom. The highest BCUT2D eigenvalue weighted by molar-refractivity contribution is 6.18. The molecule has 1 heteroatoms. The van der Waals surface area contributed by atoms with Gasteiger partial charge in [0.25, 0.3) is 0 Å². The maximum absolute atomic E-state index is 5.74. The molecule has 0 spiro atoms. The lowest BCUT2D eigenvalue weighted by atomic mass is 9.86. The van der Waals surface area contributed by atoms with Crippen LogP contribution in [0.15, 0.2) is 24.8 Å². The molecule has 0 saturated heterocycles. The van der Waals surface area contributed by atoms with Crippen LogP contribution in [0.4, 0.5) is 0 Å². The Morgan fingerprint density at radius 1 is 1.70 bits per heavy atom. The maximum Gasteiger partial charge on any atom is 0.0314 e. The minimum atomic E-state index is 0.0351. The Kier molecular flexibility index (Phi) is 3.73. The maximum atomic E-state index is 5.74. The van der Waals surface area contributed by atoms with E-state index in [0.717, 1.165) is 12.0 Å². The van der Waals surface area contributed by atoms with Gasteiger partial charge in [-0.25, -0.2) is 0 Å². The van der Waals surface area contributed by atoms with E-state index in [-0.39, 0.29) is 5.41 Å². The molecule has 0 aromatic carbocycles. The Morgan fingerprint density at radius 3 is 2.30 bits per heavy atom. The van der Waals surface area contributed by atoms with Gasteiger partial charge in [0, 0.05) is 11.3 Å². The van der Waals surface area contributed by atoms with Crippen LogP contribution in [0, 0.1) is 5.41 Å². The van der Waals surface area contributed by atoms with E-state index in [4.69, 9.17) is 11.6 Å². The first-order valence-electron chi connectivity index (χ1n) is 3.38. The summed E-state index contributed by atoms with van der Waals surface area (Å²) in [5, 5.41) is 0. The van der Waals surface area contributed by atoms with Crippen LogP contribution in [0.1, 0.15) is 20.3 Å². The van der Waals surface area contributed by atoms with Gasteiger partial charge in [0.1, 0.15) is 0 Å². The van der Waals surface area contributed by atoms with Crippen molar-refractivity contribution < 1.29 is 0 Å². The molecule has 10 heavy (non-hydrogen) atoms. The number of halogens is 1. The van der Waals surface area contributed by atoms with Gasteiger partial charge in [-0.15, -0.1) is 24.8 Å². The summed E-state index contributed by atoms with van der Waals surface area (Å²) in [4.78, 5) is 0. The van der Waals surface area contributed by atoms with E-state index in [1.54, 1.807) is 0 Å². The van der Waals surface area contributed by atoms with Crippen molar-refractivity contribution >= 4 is 11.6 Å². The molecule has 0 aromatic heterocycles. The zero-order valence-electron chi connectivity index (χ0n) is 6.78. The smallest absolute Gasteiger partial charge is 0.0314 e. The fourth-order valence-corrected chi connectivity index (χ4v) is 1.07. The van der Waals surface area contributed by atoms with Gasteiger partial charge in [-0.05, 0) is 13.3 Å². The summed E-state index contributed by atoms with van der Waals surface area (Å²) in [6.45, 7) is 11.7. The van der Waals surface area contributed by atoms with Crippen LogP contribution in [0.3, 0.4) is 0 Å². The highest BCUT2D eigenvalue weighted by Crippen LogP contribution is 2.27. The van der Waals surface area contributed by atoms with Crippen LogP contribution in [0.2, 0.25) is 0 Å². The highest BCUT2D eigenvalue weighted by atomic mass is 35.5. The standard InChI is InChI=1S/C9H15Cl/c1-5-9(4,7-10)6-8(2)3/h5H,1-2,6-7H2,3-4H3. The minimum Gasteiger partial charge on any atom is -0.126 e. The molecule has 0 amide bonds. The van der Waals surface area contributed by atoms with E-state index in [9.17, 15) is 0 Å². The predicted molar refractivity (Wildman–Crippen MR) is 48.5 cm³/mol. The third-order valence-electron chi connectivity index (χ3n) is 1.50. The summed E-state index contributed by atoms with van der Waals surface area (Å²) in [6.07, 6.45) is 2.83. The Balaban J connectivity index is 4.05. The van der Waals surface area contributed by atoms with Crippen molar-refractivity contribution in [2.24, 2.45) is 5.41 Å². The molecule has 58 valence electrons. The second-order valence-corrected chi connectivity index (χ2v) is 3.39. The van der Waals surface area contributed by atoms with Crippen molar-refractivity contribution in [3.8, 4) is 0 Å². The molecule has 0 aliphatic heterocycles. The minimum absolute atomic E-state index is 0.0351. The first-order chi connectivity index (χ1) is 4.54. The summed E-state index contributed by atoms with van der Waals surface area (Å²) in [5.74, 6) is 0.614. The van der Waals surface area contributed by atoms with Gasteiger partial charge >= 0.3 is 0 Å². The third-order valence-corrected chi connectivity index (χ3v) is 2.11. The summed E-state index contributed by atoms with van der Waals surface area (Å²) < 4.78 is 0. The monoisotopic (exact) mass is 158 g/mol. The molecular weight excluding hydrogens is 144 g/mol. The van der Waals surface area contributed by atoms with E-state index in [2.05, 4.69) is 20.1 Å². The molecule has 0 nitrogen and oxygen atoms in total. The average molecular weight is 159 g/mol. The predicted octanol–water partition coefficient (Wildman–Crippen LogP) is 3.38. The Bertz CT molecular complexity index is 138. The van der Waals surface area contributed by atoms with Gasteiger partial charge in [-0.3, -0.25) is 0 Å². The van der Waals surface area contributed by atoms with Gasteiger partial charge in [0.05, 0.1) is 0 Å². The Hall–Kier alpha value is -0.230. The lowest BCUT2D eigenvalue weighted by Gasteiger charge is -2.22. The van der Waals surface area contributed by atoms with Gasteiger partial charge in [0.2, 0.25) is 0 Å². The van der Waals surface area contributed by atoms with Crippen LogP contribution in [0.25, 0.3) is 0 Å². The number of rotatable bonds is 4. The molecule has 0 aliphatic rings. The molecule has 0 radical (unpaired) electrons. The van der Waals surface area contributed by atoms with Gasteiger partial charge in [0.15, 0.2) is 0 Å². The largest absolute Gasteiger partial charge is 0.126 e. The van der Waals surface area contributed by atoms with Crippen LogP contribution < -0.4 is 0 Å². The van der Waals surface area contributed by atoms with E-state index in [1.165, 1.54) is 0 Å². The fraction of sp³-hybridized carbons (Fsp3) is 0.556. The molecule has 0 saturated carbocycles. The molecule has 0 N–H and O–H groups in total. The Labute approximate surface area is 68.6 Å². The number of alkyl halides is 1. The molecule has 0 aromatic rings. The second kappa shape index (κ2) is 3.82. The number of hydrogen-bond donors (Lipinski definition) is 0. The lowest BCUT2D eigenvalue weighted by molar-refractivity contribution is 0.484. The average Bonchev–Trinajstić information content (AvgIpc) is 1.87. The van der Waals surface area contributed by atoms with Crippen LogP contribution in [-0.2, 0) is 0 Å². The van der Waals surface area contributed by atoms with Gasteiger partial charge in [-0.2, -0.15) is 0 Å². The molecule has 0 aliphatic carbocycles. The zero-order valence-corrected chi connectivity index (χ0v) is 7.54. The van der Waals surface area contributed by atoms with E-state index >= 15 is 0 Å². The topological polar surface area (TPSA) is 0 Å². The van der Waals surface area contributed by atoms with E-state index in [0.29, 0.717) is 5.88 Å². The molecule has 1 atom stereocenters. The molecular formula is C9H15Cl. The van der Waals surface area contributed by atoms with Crippen LogP contribution in [-0.4, -0.2) is 5.88 Å². The highest BCUT2D eigenvalue weighted by Gasteiger charge is 2.18. The second-order valence-electron chi connectivity index (χ2n) is 3.13. The molecule has 0 heterocycles. The molecule has 0 fully saturated rings. The van der Waals surface area contributed by atoms with Gasteiger partial charge < -0.3 is 0 Å². The lowest BCUT2D eigenvalue weighted by Crippen LogP contribution is -2.14. The SMILES string of the molecule is C=CC(C)(CCl)CC(=C)C.